The third-order valence-electron chi connectivity index (χ3n) is 5.44. The lowest BCUT2D eigenvalue weighted by Gasteiger charge is -2.50. The van der Waals surface area contributed by atoms with Crippen molar-refractivity contribution >= 4 is 8.41 Å². The van der Waals surface area contributed by atoms with E-state index in [0.29, 0.717) is 12.5 Å². The number of piperidine rings is 3. The maximum atomic E-state index is 11.0. The molecular weight excluding hydrogens is 311 g/mol. The first kappa shape index (κ1) is 18.0. The van der Waals surface area contributed by atoms with Crippen LogP contribution in [0.3, 0.4) is 0 Å². The van der Waals surface area contributed by atoms with Gasteiger partial charge < -0.3 is 14.7 Å². The van der Waals surface area contributed by atoms with E-state index < -0.39 is 5.60 Å². The highest BCUT2D eigenvalue weighted by Gasteiger charge is 2.46. The molecule has 4 nitrogen and oxygen atoms in total. The van der Waals surface area contributed by atoms with E-state index in [0.717, 1.165) is 50.2 Å². The molecule has 3 aliphatic rings. The van der Waals surface area contributed by atoms with Gasteiger partial charge in [0.2, 0.25) is 0 Å². The number of rotatable bonds is 5. The Labute approximate surface area is 151 Å². The molecule has 0 spiro atoms. The van der Waals surface area contributed by atoms with Crippen molar-refractivity contribution in [2.75, 3.05) is 26.2 Å². The lowest BCUT2D eigenvalue weighted by molar-refractivity contribution is -0.131. The number of fused-ring (bicyclic) bond motifs is 3. The molecule has 0 saturated carbocycles. The van der Waals surface area contributed by atoms with Crippen LogP contribution in [-0.4, -0.2) is 55.2 Å². The van der Waals surface area contributed by atoms with Gasteiger partial charge in [-0.15, -0.1) is 0 Å². The molecule has 4 heterocycles. The summed E-state index contributed by atoms with van der Waals surface area (Å²) in [6.07, 6.45) is 6.60. The van der Waals surface area contributed by atoms with Crippen LogP contribution >= 0.6 is 0 Å². The zero-order chi connectivity index (χ0) is 16.4. The number of hydrogen-bond acceptors (Lipinski definition) is 4. The summed E-state index contributed by atoms with van der Waals surface area (Å²) >= 11 is 0. The smallest absolute Gasteiger partial charge is 0.122 e. The molecule has 5 rings (SSSR count). The molecular formula is C20H24BN2O2. The predicted molar refractivity (Wildman–Crippen MR) is 98.8 cm³/mol. The molecule has 129 valence electrons. The molecule has 1 aromatic carbocycles. The van der Waals surface area contributed by atoms with Crippen molar-refractivity contribution in [1.82, 2.24) is 9.88 Å². The number of ether oxygens (including phenoxy) is 1. The Hall–Kier alpha value is -1.85. The van der Waals surface area contributed by atoms with Gasteiger partial charge in [0.05, 0.1) is 0 Å². The van der Waals surface area contributed by atoms with Gasteiger partial charge in [-0.05, 0) is 61.2 Å². The van der Waals surface area contributed by atoms with Crippen LogP contribution in [0.4, 0.5) is 0 Å². The number of nitrogens with zero attached hydrogens (tertiary/aromatic N) is 2. The Morgan fingerprint density at radius 1 is 1.12 bits per heavy atom. The predicted octanol–water partition coefficient (Wildman–Crippen LogP) is 2.13. The molecule has 1 aromatic heterocycles. The second-order valence-corrected chi connectivity index (χ2v) is 7.08. The van der Waals surface area contributed by atoms with Crippen LogP contribution in [0, 0.1) is 5.92 Å². The molecule has 5 heteroatoms. The average molecular weight is 335 g/mol. The molecule has 0 aliphatic carbocycles. The first-order valence-corrected chi connectivity index (χ1v) is 8.77. The van der Waals surface area contributed by atoms with Gasteiger partial charge in [-0.1, -0.05) is 18.2 Å². The van der Waals surface area contributed by atoms with Crippen molar-refractivity contribution in [1.29, 1.82) is 0 Å². The van der Waals surface area contributed by atoms with E-state index in [-0.39, 0.29) is 8.41 Å². The van der Waals surface area contributed by atoms with Gasteiger partial charge in [0.15, 0.2) is 0 Å². The number of aliphatic hydroxyl groups is 1. The molecule has 2 bridgehead atoms. The topological polar surface area (TPSA) is 45.6 Å². The third kappa shape index (κ3) is 3.88. The molecule has 2 aromatic rings. The maximum absolute atomic E-state index is 11.0. The standard InChI is InChI=1S/C20H24N2O2.B/c23-20(14-22-11-7-18(20)8-12-22)15-24-19-4-2-1-3-17(19)13-16-5-9-21-10-6-16;/h1-6,9-10,18,23H,7-8,11-15H2;. The molecule has 3 saturated heterocycles. The minimum atomic E-state index is -0.708. The number of aromatic nitrogens is 1. The number of pyridine rings is 1. The fourth-order valence-electron chi connectivity index (χ4n) is 4.02. The van der Waals surface area contributed by atoms with Crippen molar-refractivity contribution in [2.24, 2.45) is 5.92 Å². The summed E-state index contributed by atoms with van der Waals surface area (Å²) in [5.41, 5.74) is 1.65. The van der Waals surface area contributed by atoms with Crippen LogP contribution < -0.4 is 4.74 Å². The van der Waals surface area contributed by atoms with Gasteiger partial charge >= 0.3 is 0 Å². The molecule has 1 unspecified atom stereocenters. The molecule has 3 aliphatic heterocycles. The van der Waals surface area contributed by atoms with E-state index >= 15 is 0 Å². The Balaban J connectivity index is 0.00000182. The largest absolute Gasteiger partial charge is 0.490 e. The SMILES string of the molecule is OC1(COc2ccccc2Cc2ccncc2)CN2CCC1CC2.[B]. The Bertz CT molecular complexity index is 689. The van der Waals surface area contributed by atoms with E-state index in [2.05, 4.69) is 16.0 Å². The summed E-state index contributed by atoms with van der Waals surface area (Å²) < 4.78 is 6.11. The van der Waals surface area contributed by atoms with Gasteiger partial charge in [0.25, 0.3) is 0 Å². The van der Waals surface area contributed by atoms with Crippen LogP contribution in [0.1, 0.15) is 24.0 Å². The molecule has 3 radical (unpaired) electrons. The molecule has 0 amide bonds. The molecule has 3 fully saturated rings. The first-order chi connectivity index (χ1) is 11.7. The van der Waals surface area contributed by atoms with E-state index in [4.69, 9.17) is 4.74 Å². The van der Waals surface area contributed by atoms with Gasteiger partial charge in [-0.2, -0.15) is 0 Å². The minimum Gasteiger partial charge on any atom is -0.490 e. The minimum absolute atomic E-state index is 0. The number of para-hydroxylation sites is 1. The highest BCUT2D eigenvalue weighted by molar-refractivity contribution is 5.75. The highest BCUT2D eigenvalue weighted by atomic mass is 16.5. The molecule has 25 heavy (non-hydrogen) atoms. The normalized spacial score (nSPS) is 27.6. The number of benzene rings is 1. The maximum Gasteiger partial charge on any atom is 0.122 e. The van der Waals surface area contributed by atoms with Crippen LogP contribution in [0.2, 0.25) is 0 Å². The lowest BCUT2D eigenvalue weighted by atomic mass is 9.76. The van der Waals surface area contributed by atoms with Crippen molar-refractivity contribution in [3.05, 3.63) is 59.9 Å². The highest BCUT2D eigenvalue weighted by Crippen LogP contribution is 2.36. The summed E-state index contributed by atoms with van der Waals surface area (Å²) in [6.45, 7) is 3.35. The van der Waals surface area contributed by atoms with E-state index in [1.807, 2.05) is 42.7 Å². The summed E-state index contributed by atoms with van der Waals surface area (Å²) in [4.78, 5) is 6.42. The molecule has 1 atom stereocenters. The van der Waals surface area contributed by atoms with Gasteiger partial charge in [0, 0.05) is 33.8 Å². The zero-order valence-electron chi connectivity index (χ0n) is 14.5. The monoisotopic (exact) mass is 335 g/mol. The summed E-state index contributed by atoms with van der Waals surface area (Å²) in [5, 5.41) is 11.0. The van der Waals surface area contributed by atoms with Crippen molar-refractivity contribution in [3.8, 4) is 5.75 Å². The fourth-order valence-corrected chi connectivity index (χ4v) is 4.02. The second kappa shape index (κ2) is 7.59. The van der Waals surface area contributed by atoms with Gasteiger partial charge in [0.1, 0.15) is 18.0 Å². The summed E-state index contributed by atoms with van der Waals surface area (Å²) in [7, 11) is 0. The van der Waals surface area contributed by atoms with Crippen LogP contribution in [0.5, 0.6) is 5.75 Å². The Morgan fingerprint density at radius 3 is 2.52 bits per heavy atom. The quantitative estimate of drug-likeness (QED) is 0.851. The van der Waals surface area contributed by atoms with Gasteiger partial charge in [-0.25, -0.2) is 0 Å². The zero-order valence-corrected chi connectivity index (χ0v) is 14.5. The second-order valence-electron chi connectivity index (χ2n) is 7.08. The van der Waals surface area contributed by atoms with E-state index in [9.17, 15) is 5.11 Å². The Morgan fingerprint density at radius 2 is 1.84 bits per heavy atom. The molecule has 1 N–H and O–H groups in total. The fraction of sp³-hybridized carbons (Fsp3) is 0.450. The van der Waals surface area contributed by atoms with E-state index in [1.54, 1.807) is 0 Å². The first-order valence-electron chi connectivity index (χ1n) is 8.77. The van der Waals surface area contributed by atoms with Crippen LogP contribution in [-0.2, 0) is 6.42 Å². The van der Waals surface area contributed by atoms with Crippen molar-refractivity contribution in [3.63, 3.8) is 0 Å². The van der Waals surface area contributed by atoms with E-state index in [1.165, 1.54) is 5.56 Å². The average Bonchev–Trinajstić information content (AvgIpc) is 2.63. The number of hydrogen-bond donors (Lipinski definition) is 1. The van der Waals surface area contributed by atoms with Crippen molar-refractivity contribution < 1.29 is 9.84 Å². The lowest BCUT2D eigenvalue weighted by Crippen LogP contribution is -2.61. The Kier molecular flexibility index (Phi) is 5.45. The summed E-state index contributed by atoms with van der Waals surface area (Å²) in [6, 6.07) is 12.2. The third-order valence-corrected chi connectivity index (χ3v) is 5.44. The van der Waals surface area contributed by atoms with Crippen molar-refractivity contribution in [2.45, 2.75) is 24.9 Å². The van der Waals surface area contributed by atoms with Gasteiger partial charge in [-0.3, -0.25) is 4.98 Å². The van der Waals surface area contributed by atoms with Crippen LogP contribution in [0.15, 0.2) is 48.8 Å². The van der Waals surface area contributed by atoms with Crippen LogP contribution in [0.25, 0.3) is 0 Å². The summed E-state index contributed by atoms with van der Waals surface area (Å²) in [5.74, 6) is 1.24.